The molecule has 1 aromatic carbocycles. The molecule has 162 valence electrons. The van der Waals surface area contributed by atoms with Crippen LogP contribution in [0, 0.1) is 12.8 Å². The van der Waals surface area contributed by atoms with Crippen molar-refractivity contribution in [2.24, 2.45) is 5.92 Å². The van der Waals surface area contributed by atoms with Crippen molar-refractivity contribution in [3.8, 4) is 0 Å². The number of hydrogen-bond acceptors (Lipinski definition) is 5. The highest BCUT2D eigenvalue weighted by Gasteiger charge is 2.49. The van der Waals surface area contributed by atoms with E-state index in [9.17, 15) is 22.8 Å². The minimum absolute atomic E-state index is 0.0215. The molecule has 3 N–H and O–H groups in total. The Morgan fingerprint density at radius 3 is 2.60 bits per heavy atom. The number of hydrogen-bond donors (Lipinski definition) is 3. The van der Waals surface area contributed by atoms with E-state index in [-0.39, 0.29) is 28.7 Å². The number of piperidine rings is 1. The molecule has 1 saturated carbocycles. The maximum Gasteiger partial charge on any atom is 0.322 e. The summed E-state index contributed by atoms with van der Waals surface area (Å²) in [4.78, 5) is 38.9. The number of nitrogens with zero attached hydrogens (tertiary/aromatic N) is 1. The van der Waals surface area contributed by atoms with Crippen LogP contribution in [0.1, 0.15) is 48.5 Å². The van der Waals surface area contributed by atoms with Crippen LogP contribution >= 0.6 is 0 Å². The third-order valence-electron chi connectivity index (χ3n) is 6.25. The van der Waals surface area contributed by atoms with Gasteiger partial charge in [-0.3, -0.25) is 14.9 Å². The van der Waals surface area contributed by atoms with Gasteiger partial charge in [0.2, 0.25) is 10.0 Å². The summed E-state index contributed by atoms with van der Waals surface area (Å²) in [5.41, 5.74) is -0.0465. The van der Waals surface area contributed by atoms with Gasteiger partial charge in [-0.15, -0.1) is 0 Å². The second-order valence-corrected chi connectivity index (χ2v) is 10.3. The Labute approximate surface area is 175 Å². The summed E-state index contributed by atoms with van der Waals surface area (Å²) in [6.07, 6.45) is 3.05. The molecule has 1 aliphatic carbocycles. The summed E-state index contributed by atoms with van der Waals surface area (Å²) in [5.74, 6) is -0.887. The Balaban J connectivity index is 1.56. The van der Waals surface area contributed by atoms with Crippen molar-refractivity contribution in [1.82, 2.24) is 20.3 Å². The smallest absolute Gasteiger partial charge is 0.322 e. The van der Waals surface area contributed by atoms with Gasteiger partial charge < -0.3 is 10.2 Å². The summed E-state index contributed by atoms with van der Waals surface area (Å²) in [6.45, 7) is 4.26. The number of benzene rings is 1. The van der Waals surface area contributed by atoms with Crippen molar-refractivity contribution in [2.75, 3.05) is 13.1 Å². The molecule has 0 bridgehead atoms. The number of nitrogens with one attached hydrogen (secondary N) is 3. The molecule has 1 aromatic rings. The lowest BCUT2D eigenvalue weighted by Crippen LogP contribution is -2.56. The fourth-order valence-electron chi connectivity index (χ4n) is 4.13. The largest absolute Gasteiger partial charge is 0.338 e. The third kappa shape index (κ3) is 3.81. The molecule has 4 amide bonds. The minimum atomic E-state index is -3.67. The Bertz CT molecular complexity index is 1020. The highest BCUT2D eigenvalue weighted by molar-refractivity contribution is 7.89. The van der Waals surface area contributed by atoms with Crippen molar-refractivity contribution < 1.29 is 22.8 Å². The van der Waals surface area contributed by atoms with Crippen LogP contribution in [0.3, 0.4) is 0 Å². The van der Waals surface area contributed by atoms with Gasteiger partial charge in [-0.25, -0.2) is 17.9 Å². The van der Waals surface area contributed by atoms with Gasteiger partial charge in [0.05, 0.1) is 4.90 Å². The van der Waals surface area contributed by atoms with Crippen LogP contribution in [0.4, 0.5) is 4.79 Å². The lowest BCUT2D eigenvalue weighted by Gasteiger charge is -2.39. The minimum Gasteiger partial charge on any atom is -0.338 e. The molecule has 0 radical (unpaired) electrons. The monoisotopic (exact) mass is 434 g/mol. The number of amides is 4. The molecule has 30 heavy (non-hydrogen) atoms. The molecule has 9 nitrogen and oxygen atoms in total. The first kappa shape index (κ1) is 20.8. The average Bonchev–Trinajstić information content (AvgIpc) is 3.45. The van der Waals surface area contributed by atoms with Crippen molar-refractivity contribution >= 4 is 27.9 Å². The van der Waals surface area contributed by atoms with Crippen molar-refractivity contribution in [3.05, 3.63) is 29.3 Å². The second kappa shape index (κ2) is 7.35. The number of urea groups is 1. The van der Waals surface area contributed by atoms with Crippen molar-refractivity contribution in [3.63, 3.8) is 0 Å². The molecular formula is C20H26N4O5S. The highest BCUT2D eigenvalue weighted by atomic mass is 32.2. The van der Waals surface area contributed by atoms with Crippen LogP contribution in [0.25, 0.3) is 0 Å². The van der Waals surface area contributed by atoms with Gasteiger partial charge in [0.25, 0.3) is 11.8 Å². The van der Waals surface area contributed by atoms with E-state index in [0.717, 1.165) is 12.8 Å². The molecule has 10 heteroatoms. The number of carbonyl (C=O) groups is 3. The number of carbonyl (C=O) groups excluding carboxylic acids is 3. The molecule has 2 saturated heterocycles. The predicted molar refractivity (Wildman–Crippen MR) is 108 cm³/mol. The normalized spacial score (nSPS) is 27.0. The highest BCUT2D eigenvalue weighted by Crippen LogP contribution is 2.31. The maximum atomic E-state index is 13.3. The Kier molecular flexibility index (Phi) is 5.09. The molecule has 0 spiro atoms. The zero-order valence-corrected chi connectivity index (χ0v) is 17.8. The topological polar surface area (TPSA) is 125 Å². The van der Waals surface area contributed by atoms with Gasteiger partial charge in [0, 0.05) is 30.6 Å². The maximum absolute atomic E-state index is 13.3. The van der Waals surface area contributed by atoms with Gasteiger partial charge in [-0.1, -0.05) is 6.07 Å². The summed E-state index contributed by atoms with van der Waals surface area (Å²) >= 11 is 0. The van der Waals surface area contributed by atoms with Crippen molar-refractivity contribution in [1.29, 1.82) is 0 Å². The molecule has 3 aliphatic rings. The van der Waals surface area contributed by atoms with E-state index in [2.05, 4.69) is 15.4 Å². The summed E-state index contributed by atoms with van der Waals surface area (Å²) in [7, 11) is -3.67. The molecule has 2 aliphatic heterocycles. The standard InChI is InChI=1S/C20H26N4O5S/c1-12-5-8-15(30(28,29)23-14-6-7-14)10-16(12)17(25)24-9-3-4-13(11-24)20(2)18(26)21-19(27)22-20/h5,8,10,13-14,23H,3-4,6-7,9,11H2,1-2H3,(H2,21,22,26,27)/t13-,20+/m0/s1. The predicted octanol–water partition coefficient (Wildman–Crippen LogP) is 0.886. The Morgan fingerprint density at radius 1 is 1.23 bits per heavy atom. The molecule has 0 aromatic heterocycles. The lowest BCUT2D eigenvalue weighted by molar-refractivity contribution is -0.125. The number of imide groups is 1. The van der Waals surface area contributed by atoms with E-state index in [0.29, 0.717) is 37.1 Å². The Hall–Kier alpha value is -2.46. The molecular weight excluding hydrogens is 408 g/mol. The second-order valence-electron chi connectivity index (χ2n) is 8.57. The first-order valence-electron chi connectivity index (χ1n) is 10.2. The molecule has 0 unspecified atom stereocenters. The SMILES string of the molecule is Cc1ccc(S(=O)(=O)NC2CC2)cc1C(=O)N1CCC[C@H]([C@@]2(C)NC(=O)NC2=O)C1. The summed E-state index contributed by atoms with van der Waals surface area (Å²) in [5, 5.41) is 4.96. The van der Waals surface area contributed by atoms with Crippen LogP contribution < -0.4 is 15.4 Å². The average molecular weight is 435 g/mol. The number of rotatable bonds is 5. The molecule has 3 fully saturated rings. The molecule has 4 rings (SSSR count). The summed E-state index contributed by atoms with van der Waals surface area (Å²) in [6, 6.07) is 4.03. The first-order valence-corrected chi connectivity index (χ1v) is 11.6. The first-order chi connectivity index (χ1) is 14.1. The number of likely N-dealkylation sites (tertiary alicyclic amines) is 1. The van der Waals surface area contributed by atoms with Crippen molar-refractivity contribution in [2.45, 2.75) is 56.0 Å². The fraction of sp³-hybridized carbons (Fsp3) is 0.550. The van der Waals surface area contributed by atoms with Crippen LogP contribution in [-0.4, -0.2) is 55.8 Å². The number of sulfonamides is 1. The summed E-state index contributed by atoms with van der Waals surface area (Å²) < 4.78 is 27.8. The van der Waals surface area contributed by atoms with Gasteiger partial charge >= 0.3 is 6.03 Å². The quantitative estimate of drug-likeness (QED) is 0.594. The van der Waals surface area contributed by atoms with Gasteiger partial charge in [0.1, 0.15) is 5.54 Å². The molecule has 2 atom stereocenters. The zero-order chi connectivity index (χ0) is 21.7. The Morgan fingerprint density at radius 2 is 1.97 bits per heavy atom. The van der Waals surface area contributed by atoms with E-state index in [4.69, 9.17) is 0 Å². The van der Waals surface area contributed by atoms with E-state index in [1.807, 2.05) is 0 Å². The van der Waals surface area contributed by atoms with Crippen LogP contribution in [0.5, 0.6) is 0 Å². The van der Waals surface area contributed by atoms with E-state index < -0.39 is 21.6 Å². The lowest BCUT2D eigenvalue weighted by atomic mass is 9.80. The molecule has 2 heterocycles. The number of aryl methyl sites for hydroxylation is 1. The van der Waals surface area contributed by atoms with Crippen LogP contribution in [0.2, 0.25) is 0 Å². The zero-order valence-electron chi connectivity index (χ0n) is 17.0. The van der Waals surface area contributed by atoms with Gasteiger partial charge in [-0.05, 0) is 57.2 Å². The fourth-order valence-corrected chi connectivity index (χ4v) is 5.47. The van der Waals surface area contributed by atoms with Crippen LogP contribution in [-0.2, 0) is 14.8 Å². The van der Waals surface area contributed by atoms with Gasteiger partial charge in [-0.2, -0.15) is 0 Å². The van der Waals surface area contributed by atoms with E-state index >= 15 is 0 Å². The van der Waals surface area contributed by atoms with E-state index in [1.54, 1.807) is 24.8 Å². The van der Waals surface area contributed by atoms with Gasteiger partial charge in [0.15, 0.2) is 0 Å². The van der Waals surface area contributed by atoms with E-state index in [1.165, 1.54) is 12.1 Å². The van der Waals surface area contributed by atoms with Crippen LogP contribution in [0.15, 0.2) is 23.1 Å². The third-order valence-corrected chi connectivity index (χ3v) is 7.76.